The molecule has 0 unspecified atom stereocenters. The Balaban J connectivity index is 0.00000169. The average Bonchev–Trinajstić information content (AvgIpc) is 2.49. The number of benzene rings is 4. The summed E-state index contributed by atoms with van der Waals surface area (Å²) in [5, 5.41) is 5.22. The van der Waals surface area contributed by atoms with Crippen LogP contribution in [0.25, 0.3) is 32.3 Å². The molecule has 0 atom stereocenters. The Morgan fingerprint density at radius 1 is 0.750 bits per heavy atom. The van der Waals surface area contributed by atoms with E-state index in [1.807, 2.05) is 36.4 Å². The molecule has 0 radical (unpaired) electrons. The van der Waals surface area contributed by atoms with Gasteiger partial charge in [-0.15, -0.1) is 0 Å². The molecule has 24 heavy (non-hydrogen) atoms. The molecule has 0 aromatic heterocycles. The van der Waals surface area contributed by atoms with E-state index in [2.05, 4.69) is 6.07 Å². The summed E-state index contributed by atoms with van der Waals surface area (Å²) in [6.07, 6.45) is 0. The molecule has 0 heterocycles. The second kappa shape index (κ2) is 6.30. The number of hydrogen-bond acceptors (Lipinski definition) is 2. The van der Waals surface area contributed by atoms with Gasteiger partial charge in [0.2, 0.25) is 0 Å². The van der Waals surface area contributed by atoms with Gasteiger partial charge in [-0.3, -0.25) is 4.55 Å². The zero-order chi connectivity index (χ0) is 16.2. The van der Waals surface area contributed by atoms with Gasteiger partial charge in [0.25, 0.3) is 10.1 Å². The molecule has 0 saturated carbocycles. The average molecular weight is 367 g/mol. The SMILES string of the molecule is O=S(=O)(O)c1c(Cl)ccc2cc3cc4ccccc4cc3cc12.[NaH]. The van der Waals surface area contributed by atoms with Gasteiger partial charge in [-0.05, 0) is 57.3 Å². The van der Waals surface area contributed by atoms with Crippen LogP contribution in [0.4, 0.5) is 0 Å². The monoisotopic (exact) mass is 366 g/mol. The Bertz CT molecular complexity index is 1200. The zero-order valence-corrected chi connectivity index (χ0v) is 13.4. The van der Waals surface area contributed by atoms with Gasteiger partial charge in [-0.1, -0.05) is 41.9 Å². The molecule has 0 aliphatic carbocycles. The van der Waals surface area contributed by atoms with Crippen molar-refractivity contribution in [3.63, 3.8) is 0 Å². The summed E-state index contributed by atoms with van der Waals surface area (Å²) in [5.74, 6) is 0. The van der Waals surface area contributed by atoms with Crippen molar-refractivity contribution < 1.29 is 13.0 Å². The zero-order valence-electron chi connectivity index (χ0n) is 11.8. The minimum absolute atomic E-state index is 0. The first kappa shape index (κ1) is 17.7. The fourth-order valence-corrected chi connectivity index (χ4v) is 4.20. The van der Waals surface area contributed by atoms with E-state index in [-0.39, 0.29) is 39.5 Å². The Morgan fingerprint density at radius 3 is 1.88 bits per heavy atom. The van der Waals surface area contributed by atoms with E-state index < -0.39 is 10.1 Å². The summed E-state index contributed by atoms with van der Waals surface area (Å²) in [6, 6.07) is 18.9. The summed E-state index contributed by atoms with van der Waals surface area (Å²) < 4.78 is 32.9. The van der Waals surface area contributed by atoms with E-state index in [4.69, 9.17) is 11.6 Å². The normalized spacial score (nSPS) is 11.8. The van der Waals surface area contributed by atoms with Crippen LogP contribution in [0.2, 0.25) is 5.02 Å². The van der Waals surface area contributed by atoms with Gasteiger partial charge < -0.3 is 0 Å². The van der Waals surface area contributed by atoms with Crippen molar-refractivity contribution >= 4 is 83.6 Å². The van der Waals surface area contributed by atoms with E-state index >= 15 is 0 Å². The van der Waals surface area contributed by atoms with Crippen LogP contribution in [0.15, 0.2) is 65.6 Å². The van der Waals surface area contributed by atoms with Crippen LogP contribution in [0, 0.1) is 0 Å². The third-order valence-electron chi connectivity index (χ3n) is 4.00. The molecule has 0 spiro atoms. The Labute approximate surface area is 166 Å². The van der Waals surface area contributed by atoms with Crippen LogP contribution in [-0.2, 0) is 10.1 Å². The summed E-state index contributed by atoms with van der Waals surface area (Å²) in [4.78, 5) is -0.244. The molecule has 4 aromatic carbocycles. The number of halogens is 1. The van der Waals surface area contributed by atoms with E-state index in [1.54, 1.807) is 12.1 Å². The molecule has 0 aliphatic heterocycles. The van der Waals surface area contributed by atoms with Crippen molar-refractivity contribution in [2.75, 3.05) is 0 Å². The van der Waals surface area contributed by atoms with Crippen molar-refractivity contribution in [1.82, 2.24) is 0 Å². The molecule has 1 N–H and O–H groups in total. The van der Waals surface area contributed by atoms with Crippen molar-refractivity contribution in [1.29, 1.82) is 0 Å². The predicted molar refractivity (Wildman–Crippen MR) is 101 cm³/mol. The first-order chi connectivity index (χ1) is 10.9. The van der Waals surface area contributed by atoms with Gasteiger partial charge in [0.15, 0.2) is 0 Å². The molecule has 0 bridgehead atoms. The third kappa shape index (κ3) is 2.94. The Morgan fingerprint density at radius 2 is 1.29 bits per heavy atom. The van der Waals surface area contributed by atoms with Gasteiger partial charge in [0.05, 0.1) is 5.02 Å². The first-order valence-electron chi connectivity index (χ1n) is 6.96. The first-order valence-corrected chi connectivity index (χ1v) is 8.77. The quantitative estimate of drug-likeness (QED) is 0.308. The van der Waals surface area contributed by atoms with Crippen molar-refractivity contribution in [3.05, 3.63) is 65.7 Å². The van der Waals surface area contributed by atoms with E-state index in [9.17, 15) is 13.0 Å². The van der Waals surface area contributed by atoms with Gasteiger partial charge >= 0.3 is 29.6 Å². The molecule has 3 nitrogen and oxygen atoms in total. The van der Waals surface area contributed by atoms with Crippen LogP contribution in [-0.4, -0.2) is 42.5 Å². The molecule has 4 rings (SSSR count). The van der Waals surface area contributed by atoms with Crippen LogP contribution >= 0.6 is 11.6 Å². The summed E-state index contributed by atoms with van der Waals surface area (Å²) in [5.41, 5.74) is 0. The molecule has 0 amide bonds. The Hall–Kier alpha value is -1.14. The van der Waals surface area contributed by atoms with E-state index in [0.717, 1.165) is 21.5 Å². The second-order valence-electron chi connectivity index (χ2n) is 5.47. The number of fused-ring (bicyclic) bond motifs is 3. The molecule has 0 fully saturated rings. The number of hydrogen-bond donors (Lipinski definition) is 1. The molecule has 4 aromatic rings. The van der Waals surface area contributed by atoms with Crippen LogP contribution in [0.1, 0.15) is 0 Å². The van der Waals surface area contributed by atoms with Gasteiger partial charge in [-0.25, -0.2) is 0 Å². The summed E-state index contributed by atoms with van der Waals surface area (Å²) in [6.45, 7) is 0. The van der Waals surface area contributed by atoms with E-state index in [1.165, 1.54) is 6.07 Å². The van der Waals surface area contributed by atoms with Crippen LogP contribution < -0.4 is 0 Å². The van der Waals surface area contributed by atoms with E-state index in [0.29, 0.717) is 10.8 Å². The van der Waals surface area contributed by atoms with Gasteiger partial charge in [-0.2, -0.15) is 8.42 Å². The standard InChI is InChI=1S/C18H11ClO3S.Na.H/c19-17-6-5-13-9-14-7-11-3-1-2-4-12(11)8-15(14)10-16(13)18(17)23(20,21)22;;/h1-10H,(H,20,21,22);;. The second-order valence-corrected chi connectivity index (χ2v) is 7.24. The Kier molecular flexibility index (Phi) is 4.64. The maximum atomic E-state index is 11.7. The molecule has 0 aliphatic rings. The van der Waals surface area contributed by atoms with Crippen molar-refractivity contribution in [3.8, 4) is 0 Å². The molecule has 116 valence electrons. The summed E-state index contributed by atoms with van der Waals surface area (Å²) >= 11 is 5.99. The fraction of sp³-hybridized carbons (Fsp3) is 0. The fourth-order valence-electron chi connectivity index (χ4n) is 2.97. The molecular formula is C18H12ClNaO3S. The number of rotatable bonds is 1. The van der Waals surface area contributed by atoms with Gasteiger partial charge in [0.1, 0.15) is 4.90 Å². The third-order valence-corrected chi connectivity index (χ3v) is 5.38. The van der Waals surface area contributed by atoms with Crippen molar-refractivity contribution in [2.45, 2.75) is 4.90 Å². The maximum absolute atomic E-state index is 11.7. The molecular weight excluding hydrogens is 355 g/mol. The predicted octanol–water partition coefficient (Wildman–Crippen LogP) is 4.40. The minimum atomic E-state index is -4.40. The summed E-state index contributed by atoms with van der Waals surface area (Å²) in [7, 11) is -4.40. The molecule has 0 saturated heterocycles. The van der Waals surface area contributed by atoms with Crippen LogP contribution in [0.5, 0.6) is 0 Å². The topological polar surface area (TPSA) is 54.4 Å². The molecule has 6 heteroatoms. The van der Waals surface area contributed by atoms with Crippen LogP contribution in [0.3, 0.4) is 0 Å². The van der Waals surface area contributed by atoms with Crippen molar-refractivity contribution in [2.24, 2.45) is 0 Å². The van der Waals surface area contributed by atoms with Gasteiger partial charge in [0, 0.05) is 5.39 Å².